The van der Waals surface area contributed by atoms with E-state index in [1.165, 1.54) is 0 Å². The van der Waals surface area contributed by atoms with E-state index in [0.717, 1.165) is 17.0 Å². The molecule has 5 heteroatoms. The third-order valence-electron chi connectivity index (χ3n) is 2.61. The Bertz CT molecular complexity index is 660. The molecule has 0 spiro atoms. The average molecular weight is 240 g/mol. The Hall–Kier alpha value is -2.40. The van der Waals surface area contributed by atoms with Crippen LogP contribution in [0.5, 0.6) is 11.6 Å². The topological polar surface area (TPSA) is 65.4 Å². The van der Waals surface area contributed by atoms with Crippen molar-refractivity contribution in [2.75, 3.05) is 0 Å². The first-order valence-corrected chi connectivity index (χ1v) is 5.62. The summed E-state index contributed by atoms with van der Waals surface area (Å²) in [7, 11) is 0. The van der Waals surface area contributed by atoms with Gasteiger partial charge in [-0.3, -0.25) is 0 Å². The summed E-state index contributed by atoms with van der Waals surface area (Å²) in [6.45, 7) is 0.528. The third-order valence-corrected chi connectivity index (χ3v) is 2.61. The predicted octanol–water partition coefficient (Wildman–Crippen LogP) is 1.98. The van der Waals surface area contributed by atoms with Gasteiger partial charge in [0.25, 0.3) is 0 Å². The number of benzene rings is 1. The Morgan fingerprint density at radius 3 is 2.72 bits per heavy atom. The van der Waals surface area contributed by atoms with E-state index in [1.807, 2.05) is 36.5 Å². The molecule has 3 rings (SSSR count). The quantitative estimate of drug-likeness (QED) is 0.760. The largest absolute Gasteiger partial charge is 0.439 e. The first kappa shape index (κ1) is 10.7. The van der Waals surface area contributed by atoms with Gasteiger partial charge in [-0.2, -0.15) is 10.1 Å². The molecule has 90 valence electrons. The maximum absolute atomic E-state index is 5.66. The first-order chi connectivity index (χ1) is 8.85. The summed E-state index contributed by atoms with van der Waals surface area (Å²) in [5.74, 6) is 1.28. The number of ether oxygens (including phenoxy) is 1. The molecule has 0 aliphatic carbocycles. The Balaban J connectivity index is 1.85. The van der Waals surface area contributed by atoms with Crippen LogP contribution in [0.25, 0.3) is 5.65 Å². The van der Waals surface area contributed by atoms with Gasteiger partial charge in [-0.15, -0.1) is 0 Å². The van der Waals surface area contributed by atoms with Crippen LogP contribution in [0.1, 0.15) is 5.56 Å². The maximum atomic E-state index is 5.66. The minimum Gasteiger partial charge on any atom is -0.439 e. The lowest BCUT2D eigenvalue weighted by molar-refractivity contribution is 0.462. The number of rotatable bonds is 3. The summed E-state index contributed by atoms with van der Waals surface area (Å²) in [6, 6.07) is 11.2. The van der Waals surface area contributed by atoms with E-state index in [0.29, 0.717) is 12.4 Å². The Morgan fingerprint density at radius 2 is 1.94 bits per heavy atom. The Morgan fingerprint density at radius 1 is 1.11 bits per heavy atom. The zero-order valence-electron chi connectivity index (χ0n) is 9.65. The number of fused-ring (bicyclic) bond motifs is 1. The van der Waals surface area contributed by atoms with Crippen LogP contribution in [-0.4, -0.2) is 14.6 Å². The lowest BCUT2D eigenvalue weighted by Crippen LogP contribution is -1.96. The standard InChI is InChI=1S/C13H12N4O/c14-9-10-1-3-11(4-2-10)18-13-6-8-17-12(16-13)5-7-15-17/h1-8H,9,14H2. The van der Waals surface area contributed by atoms with Gasteiger partial charge in [0.05, 0.1) is 6.20 Å². The highest BCUT2D eigenvalue weighted by atomic mass is 16.5. The highest BCUT2D eigenvalue weighted by Gasteiger charge is 2.01. The molecule has 0 saturated carbocycles. The highest BCUT2D eigenvalue weighted by molar-refractivity contribution is 5.39. The van der Waals surface area contributed by atoms with Crippen molar-refractivity contribution < 1.29 is 4.74 Å². The lowest BCUT2D eigenvalue weighted by atomic mass is 10.2. The molecular formula is C13H12N4O. The van der Waals surface area contributed by atoms with Gasteiger partial charge < -0.3 is 10.5 Å². The van der Waals surface area contributed by atoms with Crippen LogP contribution in [0.4, 0.5) is 0 Å². The summed E-state index contributed by atoms with van der Waals surface area (Å²) in [5, 5.41) is 4.07. The molecular weight excluding hydrogens is 228 g/mol. The van der Waals surface area contributed by atoms with E-state index in [4.69, 9.17) is 10.5 Å². The van der Waals surface area contributed by atoms with Crippen molar-refractivity contribution in [3.8, 4) is 11.6 Å². The van der Waals surface area contributed by atoms with Crippen LogP contribution < -0.4 is 10.5 Å². The minimum atomic E-state index is 0.528. The van der Waals surface area contributed by atoms with Crippen molar-refractivity contribution in [1.29, 1.82) is 0 Å². The van der Waals surface area contributed by atoms with Gasteiger partial charge in [0.1, 0.15) is 5.75 Å². The van der Waals surface area contributed by atoms with Crippen molar-refractivity contribution in [3.63, 3.8) is 0 Å². The molecule has 0 radical (unpaired) electrons. The van der Waals surface area contributed by atoms with Gasteiger partial charge in [-0.25, -0.2) is 4.52 Å². The Kier molecular flexibility index (Phi) is 2.66. The molecule has 0 saturated heterocycles. The summed E-state index contributed by atoms with van der Waals surface area (Å²) in [4.78, 5) is 4.33. The van der Waals surface area contributed by atoms with E-state index in [2.05, 4.69) is 10.1 Å². The summed E-state index contributed by atoms with van der Waals surface area (Å²) in [5.41, 5.74) is 7.37. The van der Waals surface area contributed by atoms with E-state index in [1.54, 1.807) is 16.8 Å². The molecule has 2 aromatic heterocycles. The molecule has 2 heterocycles. The zero-order valence-corrected chi connectivity index (χ0v) is 9.65. The second-order valence-corrected chi connectivity index (χ2v) is 3.85. The van der Waals surface area contributed by atoms with E-state index >= 15 is 0 Å². The van der Waals surface area contributed by atoms with Gasteiger partial charge in [-0.1, -0.05) is 12.1 Å². The summed E-state index contributed by atoms with van der Waals surface area (Å²) < 4.78 is 7.35. The molecule has 0 fully saturated rings. The molecule has 0 unspecified atom stereocenters. The van der Waals surface area contributed by atoms with Gasteiger partial charge in [0, 0.05) is 24.9 Å². The van der Waals surface area contributed by atoms with Gasteiger partial charge in [0.2, 0.25) is 5.88 Å². The van der Waals surface area contributed by atoms with Crippen molar-refractivity contribution in [1.82, 2.24) is 14.6 Å². The highest BCUT2D eigenvalue weighted by Crippen LogP contribution is 2.20. The van der Waals surface area contributed by atoms with Crippen LogP contribution in [0.3, 0.4) is 0 Å². The smallest absolute Gasteiger partial charge is 0.222 e. The van der Waals surface area contributed by atoms with Crippen LogP contribution >= 0.6 is 0 Å². The second-order valence-electron chi connectivity index (χ2n) is 3.85. The maximum Gasteiger partial charge on any atom is 0.222 e. The van der Waals surface area contributed by atoms with Crippen LogP contribution in [0.2, 0.25) is 0 Å². The zero-order chi connectivity index (χ0) is 12.4. The molecule has 3 aromatic rings. The minimum absolute atomic E-state index is 0.528. The molecule has 0 aliphatic rings. The fraction of sp³-hybridized carbons (Fsp3) is 0.0769. The number of nitrogens with two attached hydrogens (primary N) is 1. The van der Waals surface area contributed by atoms with Crippen molar-refractivity contribution in [2.45, 2.75) is 6.54 Å². The fourth-order valence-corrected chi connectivity index (χ4v) is 1.67. The molecule has 0 aliphatic heterocycles. The number of hydrogen-bond acceptors (Lipinski definition) is 4. The van der Waals surface area contributed by atoms with Gasteiger partial charge in [-0.05, 0) is 17.7 Å². The average Bonchev–Trinajstić information content (AvgIpc) is 2.87. The lowest BCUT2D eigenvalue weighted by Gasteiger charge is -2.05. The monoisotopic (exact) mass is 240 g/mol. The van der Waals surface area contributed by atoms with E-state index < -0.39 is 0 Å². The van der Waals surface area contributed by atoms with Crippen LogP contribution in [-0.2, 0) is 6.54 Å². The number of aromatic nitrogens is 3. The third kappa shape index (κ3) is 2.03. The van der Waals surface area contributed by atoms with Crippen molar-refractivity contribution in [3.05, 3.63) is 54.4 Å². The summed E-state index contributed by atoms with van der Waals surface area (Å²) in [6.07, 6.45) is 3.51. The molecule has 1 aromatic carbocycles. The molecule has 0 bridgehead atoms. The molecule has 0 amide bonds. The van der Waals surface area contributed by atoms with E-state index in [9.17, 15) is 0 Å². The molecule has 0 atom stereocenters. The first-order valence-electron chi connectivity index (χ1n) is 5.62. The SMILES string of the molecule is NCc1ccc(Oc2ccn3nccc3n2)cc1. The Labute approximate surface area is 104 Å². The van der Waals surface area contributed by atoms with Gasteiger partial charge >= 0.3 is 0 Å². The normalized spacial score (nSPS) is 10.7. The fourth-order valence-electron chi connectivity index (χ4n) is 1.67. The molecule has 2 N–H and O–H groups in total. The van der Waals surface area contributed by atoms with Crippen molar-refractivity contribution in [2.24, 2.45) is 5.73 Å². The number of nitrogens with zero attached hydrogens (tertiary/aromatic N) is 3. The van der Waals surface area contributed by atoms with Gasteiger partial charge in [0.15, 0.2) is 5.65 Å². The predicted molar refractivity (Wildman–Crippen MR) is 67.4 cm³/mol. The molecule has 5 nitrogen and oxygen atoms in total. The van der Waals surface area contributed by atoms with Crippen molar-refractivity contribution >= 4 is 5.65 Å². The van der Waals surface area contributed by atoms with E-state index in [-0.39, 0.29) is 0 Å². The second kappa shape index (κ2) is 4.46. The number of hydrogen-bond donors (Lipinski definition) is 1. The van der Waals surface area contributed by atoms with Crippen LogP contribution in [0.15, 0.2) is 48.8 Å². The molecule has 18 heavy (non-hydrogen) atoms. The van der Waals surface area contributed by atoms with Crippen LogP contribution in [0, 0.1) is 0 Å². The summed E-state index contributed by atoms with van der Waals surface area (Å²) >= 11 is 0.